The highest BCUT2D eigenvalue weighted by Crippen LogP contribution is 2.61. The van der Waals surface area contributed by atoms with Crippen molar-refractivity contribution in [1.82, 2.24) is 19.6 Å². The standard InChI is InChI=1S/C20H30N4O5S/c1-12-9-21-18(22-10-12)20-5-4-15(7-14(20)8-20)29-11-17-16(23-30(3,27)28)6-13(2)24(17)19(25)26/h9-10,13-17,23H,4-8,11H2,1-3H3,(H,25,26)/t13-,14+,15-,16+,17+,20+/m1/s1. The second-order valence-corrected chi connectivity index (χ2v) is 11.0. The number of sulfonamides is 1. The van der Waals surface area contributed by atoms with Crippen molar-refractivity contribution >= 4 is 16.1 Å². The molecule has 4 rings (SSSR count). The van der Waals surface area contributed by atoms with Crippen LogP contribution in [0.1, 0.15) is 50.4 Å². The lowest BCUT2D eigenvalue weighted by Crippen LogP contribution is -2.50. The number of nitrogens with zero attached hydrogens (tertiary/aromatic N) is 3. The maximum atomic E-state index is 11.7. The molecule has 0 bridgehead atoms. The molecular weight excluding hydrogens is 408 g/mol. The van der Waals surface area contributed by atoms with Crippen LogP contribution >= 0.6 is 0 Å². The molecule has 166 valence electrons. The van der Waals surface area contributed by atoms with Crippen molar-refractivity contribution in [1.29, 1.82) is 0 Å². The van der Waals surface area contributed by atoms with Crippen LogP contribution in [0.25, 0.3) is 0 Å². The normalized spacial score (nSPS) is 35.8. The highest BCUT2D eigenvalue weighted by atomic mass is 32.2. The first kappa shape index (κ1) is 21.5. The molecule has 2 N–H and O–H groups in total. The van der Waals surface area contributed by atoms with E-state index in [4.69, 9.17) is 4.74 Å². The maximum absolute atomic E-state index is 11.7. The summed E-state index contributed by atoms with van der Waals surface area (Å²) in [6, 6.07) is -1.27. The first-order valence-corrected chi connectivity index (χ1v) is 12.4. The van der Waals surface area contributed by atoms with Gasteiger partial charge in [0.25, 0.3) is 0 Å². The average molecular weight is 439 g/mol. The third-order valence-corrected chi connectivity index (χ3v) is 7.63. The quantitative estimate of drug-likeness (QED) is 0.693. The lowest BCUT2D eigenvalue weighted by Gasteiger charge is -2.32. The number of nitrogens with one attached hydrogen (secondary N) is 1. The Morgan fingerprint density at radius 2 is 2.07 bits per heavy atom. The predicted octanol–water partition coefficient (Wildman–Crippen LogP) is 1.67. The summed E-state index contributed by atoms with van der Waals surface area (Å²) in [4.78, 5) is 22.2. The minimum absolute atomic E-state index is 0.0431. The van der Waals surface area contributed by atoms with Crippen LogP contribution in [-0.2, 0) is 20.2 Å². The van der Waals surface area contributed by atoms with Crippen LogP contribution in [0, 0.1) is 12.8 Å². The zero-order valence-electron chi connectivity index (χ0n) is 17.6. The van der Waals surface area contributed by atoms with Crippen LogP contribution in [0.15, 0.2) is 12.4 Å². The molecule has 1 aromatic heterocycles. The number of carboxylic acid groups (broad SMARTS) is 1. The molecule has 10 heteroatoms. The number of hydrogen-bond donors (Lipinski definition) is 2. The second kappa shape index (κ2) is 7.72. The summed E-state index contributed by atoms with van der Waals surface area (Å²) in [5.74, 6) is 1.41. The fraction of sp³-hybridized carbons (Fsp3) is 0.750. The summed E-state index contributed by atoms with van der Waals surface area (Å²) in [5, 5.41) is 9.61. The van der Waals surface area contributed by atoms with Crippen molar-refractivity contribution in [2.24, 2.45) is 5.92 Å². The van der Waals surface area contributed by atoms with Gasteiger partial charge in [-0.25, -0.2) is 27.9 Å². The van der Waals surface area contributed by atoms with E-state index in [2.05, 4.69) is 14.7 Å². The Labute approximate surface area is 177 Å². The van der Waals surface area contributed by atoms with Crippen LogP contribution < -0.4 is 4.72 Å². The van der Waals surface area contributed by atoms with Crippen molar-refractivity contribution < 1.29 is 23.1 Å². The van der Waals surface area contributed by atoms with Gasteiger partial charge in [-0.2, -0.15) is 0 Å². The monoisotopic (exact) mass is 438 g/mol. The highest BCUT2D eigenvalue weighted by molar-refractivity contribution is 7.88. The minimum atomic E-state index is -3.44. The van der Waals surface area contributed by atoms with E-state index in [1.807, 2.05) is 19.3 Å². The van der Waals surface area contributed by atoms with Crippen LogP contribution in [0.3, 0.4) is 0 Å². The molecule has 0 radical (unpaired) electrons. The van der Waals surface area contributed by atoms with Gasteiger partial charge in [-0.3, -0.25) is 4.90 Å². The van der Waals surface area contributed by atoms with Gasteiger partial charge in [0.1, 0.15) is 5.82 Å². The number of fused-ring (bicyclic) bond motifs is 1. The van der Waals surface area contributed by atoms with Gasteiger partial charge in [-0.15, -0.1) is 0 Å². The summed E-state index contributed by atoms with van der Waals surface area (Å²) in [6.45, 7) is 3.97. The molecule has 6 atom stereocenters. The van der Waals surface area contributed by atoms with Gasteiger partial charge in [0, 0.05) is 29.9 Å². The first-order valence-electron chi connectivity index (χ1n) is 10.5. The number of aryl methyl sites for hydroxylation is 1. The molecule has 2 heterocycles. The van der Waals surface area contributed by atoms with E-state index in [0.29, 0.717) is 12.3 Å². The van der Waals surface area contributed by atoms with Crippen LogP contribution in [0.2, 0.25) is 0 Å². The topological polar surface area (TPSA) is 122 Å². The number of rotatable bonds is 6. The number of amides is 1. The van der Waals surface area contributed by atoms with E-state index in [1.54, 1.807) is 6.92 Å². The molecular formula is C20H30N4O5S. The average Bonchev–Trinajstić information content (AvgIpc) is 3.30. The molecule has 9 nitrogen and oxygen atoms in total. The number of likely N-dealkylation sites (tertiary alicyclic amines) is 1. The van der Waals surface area contributed by atoms with E-state index < -0.39 is 28.2 Å². The zero-order chi connectivity index (χ0) is 21.7. The molecule has 30 heavy (non-hydrogen) atoms. The van der Waals surface area contributed by atoms with Gasteiger partial charge in [0.2, 0.25) is 10.0 Å². The molecule has 1 aliphatic heterocycles. The van der Waals surface area contributed by atoms with Crippen molar-refractivity contribution in [3.63, 3.8) is 0 Å². The Balaban J connectivity index is 1.38. The number of aromatic nitrogens is 2. The minimum Gasteiger partial charge on any atom is -0.465 e. The van der Waals surface area contributed by atoms with Crippen LogP contribution in [-0.4, -0.2) is 71.6 Å². The molecule has 1 amide bonds. The molecule has 0 spiro atoms. The summed E-state index contributed by atoms with van der Waals surface area (Å²) >= 11 is 0. The molecule has 1 saturated heterocycles. The van der Waals surface area contributed by atoms with Crippen molar-refractivity contribution in [3.8, 4) is 0 Å². The first-order chi connectivity index (χ1) is 14.1. The Morgan fingerprint density at radius 1 is 1.37 bits per heavy atom. The third kappa shape index (κ3) is 4.17. The molecule has 3 aliphatic rings. The van der Waals surface area contributed by atoms with Gasteiger partial charge in [-0.05, 0) is 57.4 Å². The summed E-state index contributed by atoms with van der Waals surface area (Å²) in [5.41, 5.74) is 1.12. The number of hydrogen-bond acceptors (Lipinski definition) is 6. The van der Waals surface area contributed by atoms with Crippen molar-refractivity contribution in [3.05, 3.63) is 23.8 Å². The van der Waals surface area contributed by atoms with Gasteiger partial charge < -0.3 is 9.84 Å². The third-order valence-electron chi connectivity index (χ3n) is 6.90. The van der Waals surface area contributed by atoms with E-state index in [0.717, 1.165) is 43.3 Å². The molecule has 1 aromatic rings. The summed E-state index contributed by atoms with van der Waals surface area (Å²) in [6.07, 6.45) is 8.06. The maximum Gasteiger partial charge on any atom is 0.407 e. The fourth-order valence-corrected chi connectivity index (χ4v) is 6.16. The van der Waals surface area contributed by atoms with E-state index in [1.165, 1.54) is 4.90 Å². The zero-order valence-corrected chi connectivity index (χ0v) is 18.4. The van der Waals surface area contributed by atoms with Gasteiger partial charge in [-0.1, -0.05) is 0 Å². The van der Waals surface area contributed by atoms with Crippen LogP contribution in [0.4, 0.5) is 4.79 Å². The molecule has 2 aliphatic carbocycles. The van der Waals surface area contributed by atoms with Crippen molar-refractivity contribution in [2.75, 3.05) is 12.9 Å². The Morgan fingerprint density at radius 3 is 2.67 bits per heavy atom. The van der Waals surface area contributed by atoms with Gasteiger partial charge in [0.15, 0.2) is 0 Å². The molecule has 0 aromatic carbocycles. The van der Waals surface area contributed by atoms with Crippen molar-refractivity contribution in [2.45, 2.75) is 75.6 Å². The lowest BCUT2D eigenvalue weighted by atomic mass is 9.86. The fourth-order valence-electron chi connectivity index (χ4n) is 5.36. The molecule has 2 saturated carbocycles. The van der Waals surface area contributed by atoms with E-state index >= 15 is 0 Å². The highest BCUT2D eigenvalue weighted by Gasteiger charge is 2.60. The van der Waals surface area contributed by atoms with Crippen LogP contribution in [0.5, 0.6) is 0 Å². The Bertz CT molecular complexity index is 908. The molecule has 3 fully saturated rings. The van der Waals surface area contributed by atoms with E-state index in [-0.39, 0.29) is 24.2 Å². The van der Waals surface area contributed by atoms with E-state index in [9.17, 15) is 18.3 Å². The summed E-state index contributed by atoms with van der Waals surface area (Å²) in [7, 11) is -3.44. The second-order valence-electron chi connectivity index (χ2n) is 9.21. The smallest absolute Gasteiger partial charge is 0.407 e. The Hall–Kier alpha value is -1.78. The summed E-state index contributed by atoms with van der Waals surface area (Å²) < 4.78 is 32.2. The Kier molecular flexibility index (Phi) is 5.52. The SMILES string of the molecule is Cc1cnc([C@]23CC[C@@H](OC[C@H]4[C@@H](NS(C)(=O)=O)C[C@@H](C)N4C(=O)O)C[C@H]2C3)nc1. The molecule has 0 unspecified atom stereocenters. The predicted molar refractivity (Wildman–Crippen MR) is 110 cm³/mol. The number of ether oxygens (including phenoxy) is 1. The number of carbonyl (C=O) groups is 1. The largest absolute Gasteiger partial charge is 0.465 e. The van der Waals surface area contributed by atoms with Gasteiger partial charge >= 0.3 is 6.09 Å². The lowest BCUT2D eigenvalue weighted by molar-refractivity contribution is -0.00874. The van der Waals surface area contributed by atoms with Gasteiger partial charge in [0.05, 0.1) is 25.0 Å².